The van der Waals surface area contributed by atoms with E-state index >= 15 is 0 Å². The van der Waals surface area contributed by atoms with Gasteiger partial charge in [0.05, 0.1) is 17.4 Å². The standard InChI is InChI=1S/C21H22N2O6S/c1-14-7-9-16(10-8-14)30(28,29)23-18(11-12-19(23)24)21(27)22-17(13-20(25)26)15-5-3-2-4-6-15/h2-10,17-18H,11-13H2,1H3,(H,22,27)(H,25,26)/t17?,18-/m0/s1. The quantitative estimate of drug-likeness (QED) is 0.693. The van der Waals surface area contributed by atoms with Gasteiger partial charge in [-0.05, 0) is 31.0 Å². The van der Waals surface area contributed by atoms with Gasteiger partial charge < -0.3 is 10.4 Å². The molecule has 1 unspecified atom stereocenters. The van der Waals surface area contributed by atoms with E-state index in [4.69, 9.17) is 0 Å². The summed E-state index contributed by atoms with van der Waals surface area (Å²) in [5, 5.41) is 11.8. The van der Waals surface area contributed by atoms with Gasteiger partial charge in [0, 0.05) is 6.42 Å². The van der Waals surface area contributed by atoms with Crippen molar-refractivity contribution in [2.45, 2.75) is 43.2 Å². The van der Waals surface area contributed by atoms with Crippen LogP contribution in [0.1, 0.15) is 36.4 Å². The van der Waals surface area contributed by atoms with Crippen LogP contribution in [-0.4, -0.2) is 41.7 Å². The first-order chi connectivity index (χ1) is 14.2. The molecule has 8 nitrogen and oxygen atoms in total. The van der Waals surface area contributed by atoms with Crippen LogP contribution in [0, 0.1) is 6.92 Å². The lowest BCUT2D eigenvalue weighted by atomic mass is 10.0. The van der Waals surface area contributed by atoms with E-state index in [9.17, 15) is 27.9 Å². The van der Waals surface area contributed by atoms with Crippen molar-refractivity contribution in [2.75, 3.05) is 0 Å². The molecule has 1 heterocycles. The van der Waals surface area contributed by atoms with E-state index in [1.54, 1.807) is 49.4 Å². The van der Waals surface area contributed by atoms with Gasteiger partial charge in [-0.3, -0.25) is 14.4 Å². The molecular weight excluding hydrogens is 408 g/mol. The first-order valence-electron chi connectivity index (χ1n) is 9.41. The molecule has 1 aliphatic heterocycles. The molecule has 0 aliphatic carbocycles. The summed E-state index contributed by atoms with van der Waals surface area (Å²) < 4.78 is 26.7. The average Bonchev–Trinajstić information content (AvgIpc) is 3.10. The van der Waals surface area contributed by atoms with E-state index in [-0.39, 0.29) is 24.2 Å². The zero-order valence-corrected chi connectivity index (χ0v) is 17.1. The maximum Gasteiger partial charge on any atom is 0.305 e. The zero-order chi connectivity index (χ0) is 21.9. The fourth-order valence-electron chi connectivity index (χ4n) is 3.40. The predicted octanol–water partition coefficient (Wildman–Crippen LogP) is 2.01. The van der Waals surface area contributed by atoms with Gasteiger partial charge in [-0.15, -0.1) is 0 Å². The molecule has 1 saturated heterocycles. The predicted molar refractivity (Wildman–Crippen MR) is 108 cm³/mol. The van der Waals surface area contributed by atoms with E-state index in [0.29, 0.717) is 9.87 Å². The fourth-order valence-corrected chi connectivity index (χ4v) is 5.01. The van der Waals surface area contributed by atoms with E-state index in [2.05, 4.69) is 5.32 Å². The second-order valence-electron chi connectivity index (χ2n) is 7.13. The van der Waals surface area contributed by atoms with Gasteiger partial charge in [-0.1, -0.05) is 48.0 Å². The number of hydrogen-bond donors (Lipinski definition) is 2. The van der Waals surface area contributed by atoms with Crippen molar-refractivity contribution in [1.29, 1.82) is 0 Å². The summed E-state index contributed by atoms with van der Waals surface area (Å²) in [6.07, 6.45) is -0.427. The molecule has 2 amide bonds. The van der Waals surface area contributed by atoms with Crippen molar-refractivity contribution in [3.63, 3.8) is 0 Å². The van der Waals surface area contributed by atoms with E-state index in [1.807, 2.05) is 0 Å². The molecule has 1 fully saturated rings. The van der Waals surface area contributed by atoms with Crippen LogP contribution >= 0.6 is 0 Å². The highest BCUT2D eigenvalue weighted by Gasteiger charge is 2.44. The number of benzene rings is 2. The molecule has 0 bridgehead atoms. The van der Waals surface area contributed by atoms with Crippen molar-refractivity contribution >= 4 is 27.8 Å². The van der Waals surface area contributed by atoms with Crippen LogP contribution in [0.15, 0.2) is 59.5 Å². The number of amides is 2. The lowest BCUT2D eigenvalue weighted by molar-refractivity contribution is -0.138. The molecule has 0 radical (unpaired) electrons. The second-order valence-corrected chi connectivity index (χ2v) is 8.95. The largest absolute Gasteiger partial charge is 0.481 e. The first-order valence-corrected chi connectivity index (χ1v) is 10.8. The van der Waals surface area contributed by atoms with Crippen molar-refractivity contribution in [3.8, 4) is 0 Å². The molecule has 1 aliphatic rings. The van der Waals surface area contributed by atoms with Gasteiger partial charge in [0.15, 0.2) is 0 Å². The maximum absolute atomic E-state index is 13.0. The number of carboxylic acids is 1. The lowest BCUT2D eigenvalue weighted by Gasteiger charge is -2.26. The number of rotatable bonds is 7. The minimum absolute atomic E-state index is 0.0321. The number of nitrogens with one attached hydrogen (secondary N) is 1. The van der Waals surface area contributed by atoms with Crippen LogP contribution in [0.3, 0.4) is 0 Å². The highest BCUT2D eigenvalue weighted by atomic mass is 32.2. The summed E-state index contributed by atoms with van der Waals surface area (Å²) in [6.45, 7) is 1.81. The number of sulfonamides is 1. The third-order valence-corrected chi connectivity index (χ3v) is 6.78. The Balaban J connectivity index is 1.87. The summed E-state index contributed by atoms with van der Waals surface area (Å²) in [6, 6.07) is 12.5. The summed E-state index contributed by atoms with van der Waals surface area (Å²) in [7, 11) is -4.22. The van der Waals surface area contributed by atoms with Crippen molar-refractivity contribution in [1.82, 2.24) is 9.62 Å². The fraction of sp³-hybridized carbons (Fsp3) is 0.286. The topological polar surface area (TPSA) is 121 Å². The Kier molecular flexibility index (Phi) is 6.21. The molecule has 2 aromatic carbocycles. The number of nitrogens with zero attached hydrogens (tertiary/aromatic N) is 1. The minimum Gasteiger partial charge on any atom is -0.481 e. The van der Waals surface area contributed by atoms with Crippen molar-refractivity contribution in [2.24, 2.45) is 0 Å². The second kappa shape index (κ2) is 8.66. The first kappa shape index (κ1) is 21.5. The Morgan fingerprint density at radius 2 is 1.77 bits per heavy atom. The Hall–Kier alpha value is -3.20. The van der Waals surface area contributed by atoms with Crippen LogP contribution in [0.2, 0.25) is 0 Å². The number of carboxylic acid groups (broad SMARTS) is 1. The number of hydrogen-bond acceptors (Lipinski definition) is 5. The Labute approximate surface area is 174 Å². The van der Waals surface area contributed by atoms with Gasteiger partial charge in [0.25, 0.3) is 10.0 Å². The molecular formula is C21H22N2O6S. The summed E-state index contributed by atoms with van der Waals surface area (Å²) >= 11 is 0. The Bertz CT molecular complexity index is 1050. The third-order valence-electron chi connectivity index (χ3n) is 4.94. The molecule has 9 heteroatoms. The zero-order valence-electron chi connectivity index (χ0n) is 16.3. The van der Waals surface area contributed by atoms with Crippen LogP contribution in [-0.2, 0) is 24.4 Å². The SMILES string of the molecule is Cc1ccc(S(=O)(=O)N2C(=O)CC[C@H]2C(=O)NC(CC(=O)O)c2ccccc2)cc1. The maximum atomic E-state index is 13.0. The number of aryl methyl sites for hydroxylation is 1. The normalized spacial score (nSPS) is 17.6. The number of carbonyl (C=O) groups excluding carboxylic acids is 2. The molecule has 30 heavy (non-hydrogen) atoms. The van der Waals surface area contributed by atoms with Crippen molar-refractivity contribution < 1.29 is 27.9 Å². The summed E-state index contributed by atoms with van der Waals surface area (Å²) in [5.41, 5.74) is 1.43. The van der Waals surface area contributed by atoms with Crippen LogP contribution in [0.25, 0.3) is 0 Å². The molecule has 2 aromatic rings. The van der Waals surface area contributed by atoms with E-state index in [0.717, 1.165) is 5.56 Å². The van der Waals surface area contributed by atoms with E-state index in [1.165, 1.54) is 12.1 Å². The Morgan fingerprint density at radius 1 is 1.13 bits per heavy atom. The average molecular weight is 430 g/mol. The van der Waals surface area contributed by atoms with Crippen LogP contribution < -0.4 is 5.32 Å². The molecule has 2 atom stereocenters. The van der Waals surface area contributed by atoms with Gasteiger partial charge in [0.1, 0.15) is 6.04 Å². The molecule has 158 valence electrons. The van der Waals surface area contributed by atoms with Gasteiger partial charge >= 0.3 is 5.97 Å². The van der Waals surface area contributed by atoms with E-state index < -0.39 is 39.9 Å². The van der Waals surface area contributed by atoms with Gasteiger partial charge in [0.2, 0.25) is 11.8 Å². The smallest absolute Gasteiger partial charge is 0.305 e. The van der Waals surface area contributed by atoms with Crippen LogP contribution in [0.4, 0.5) is 0 Å². The highest BCUT2D eigenvalue weighted by molar-refractivity contribution is 7.89. The van der Waals surface area contributed by atoms with Crippen LogP contribution in [0.5, 0.6) is 0 Å². The molecule has 0 spiro atoms. The van der Waals surface area contributed by atoms with Gasteiger partial charge in [-0.2, -0.15) is 0 Å². The molecule has 2 N–H and O–H groups in total. The number of carbonyl (C=O) groups is 3. The monoisotopic (exact) mass is 430 g/mol. The minimum atomic E-state index is -4.22. The molecule has 3 rings (SSSR count). The lowest BCUT2D eigenvalue weighted by Crippen LogP contribution is -2.48. The van der Waals surface area contributed by atoms with Gasteiger partial charge in [-0.25, -0.2) is 12.7 Å². The third kappa shape index (κ3) is 4.51. The van der Waals surface area contributed by atoms with Crippen molar-refractivity contribution in [3.05, 3.63) is 65.7 Å². The summed E-state index contributed by atoms with van der Waals surface area (Å²) in [5.74, 6) is -2.48. The highest BCUT2D eigenvalue weighted by Crippen LogP contribution is 2.28. The Morgan fingerprint density at radius 3 is 2.37 bits per heavy atom. The molecule has 0 saturated carbocycles. The summed E-state index contributed by atoms with van der Waals surface area (Å²) in [4.78, 5) is 36.5. The number of aliphatic carboxylic acids is 1. The molecule has 0 aromatic heterocycles.